The molecule has 0 bridgehead atoms. The van der Waals surface area contributed by atoms with E-state index in [2.05, 4.69) is 43.5 Å². The number of nitro groups is 1. The zero-order valence-corrected chi connectivity index (χ0v) is 13.7. The summed E-state index contributed by atoms with van der Waals surface area (Å²) >= 11 is 5.34. The lowest BCUT2D eigenvalue weighted by molar-refractivity contribution is -0.385. The molecule has 2 aromatic carbocycles. The van der Waals surface area contributed by atoms with Crippen LogP contribution in [0.25, 0.3) is 0 Å². The first-order chi connectivity index (χ1) is 9.47. The van der Waals surface area contributed by atoms with Gasteiger partial charge in [0.15, 0.2) is 0 Å². The van der Waals surface area contributed by atoms with E-state index in [1.54, 1.807) is 6.07 Å². The zero-order valence-electron chi connectivity index (χ0n) is 9.96. The Hall–Kier alpha value is -1.48. The highest BCUT2D eigenvalue weighted by Gasteiger charge is 2.17. The molecule has 0 saturated heterocycles. The van der Waals surface area contributed by atoms with Gasteiger partial charge in [-0.2, -0.15) is 0 Å². The SMILES string of the molecule is O=[N+]([O-])c1cc(Br)cc(C=Nc2cccc(I)c2)c1O. The molecule has 5 nitrogen and oxygen atoms in total. The normalized spacial score (nSPS) is 10.9. The second kappa shape index (κ2) is 6.31. The molecule has 0 spiro atoms. The third-order valence-corrected chi connectivity index (χ3v) is 3.57. The van der Waals surface area contributed by atoms with Crippen LogP contribution in [-0.4, -0.2) is 16.2 Å². The molecular formula is C13H8BrIN2O3. The van der Waals surface area contributed by atoms with Crippen LogP contribution in [0.1, 0.15) is 5.56 Å². The van der Waals surface area contributed by atoms with E-state index in [0.717, 1.165) is 3.57 Å². The van der Waals surface area contributed by atoms with Crippen molar-refractivity contribution in [3.05, 3.63) is 60.1 Å². The molecule has 2 rings (SSSR count). The summed E-state index contributed by atoms with van der Waals surface area (Å²) in [4.78, 5) is 14.4. The van der Waals surface area contributed by atoms with E-state index >= 15 is 0 Å². The average Bonchev–Trinajstić information content (AvgIpc) is 2.39. The van der Waals surface area contributed by atoms with Crippen molar-refractivity contribution in [3.8, 4) is 5.75 Å². The fraction of sp³-hybridized carbons (Fsp3) is 0. The van der Waals surface area contributed by atoms with E-state index in [1.807, 2.05) is 24.3 Å². The number of rotatable bonds is 3. The summed E-state index contributed by atoms with van der Waals surface area (Å²) in [5, 5.41) is 20.7. The Labute approximate surface area is 136 Å². The molecule has 20 heavy (non-hydrogen) atoms. The minimum absolute atomic E-state index is 0.282. The Morgan fingerprint density at radius 3 is 2.75 bits per heavy atom. The van der Waals surface area contributed by atoms with E-state index in [1.165, 1.54) is 12.3 Å². The van der Waals surface area contributed by atoms with Crippen molar-refractivity contribution in [2.24, 2.45) is 4.99 Å². The number of halogens is 2. The summed E-state index contributed by atoms with van der Waals surface area (Å²) in [7, 11) is 0. The molecule has 2 aromatic rings. The molecule has 0 aromatic heterocycles. The van der Waals surface area contributed by atoms with E-state index in [9.17, 15) is 15.2 Å². The van der Waals surface area contributed by atoms with E-state index < -0.39 is 10.7 Å². The molecule has 0 aliphatic heterocycles. The molecule has 0 fully saturated rings. The lowest BCUT2D eigenvalue weighted by Gasteiger charge is -2.01. The summed E-state index contributed by atoms with van der Waals surface area (Å²) in [6.45, 7) is 0. The van der Waals surface area contributed by atoms with Gasteiger partial charge in [-0.25, -0.2) is 0 Å². The lowest BCUT2D eigenvalue weighted by Crippen LogP contribution is -1.92. The van der Waals surface area contributed by atoms with Gasteiger partial charge in [-0.15, -0.1) is 0 Å². The molecule has 1 N–H and O–H groups in total. The second-order valence-electron chi connectivity index (χ2n) is 3.86. The zero-order chi connectivity index (χ0) is 14.7. The van der Waals surface area contributed by atoms with Crippen molar-refractivity contribution >= 4 is 56.1 Å². The fourth-order valence-electron chi connectivity index (χ4n) is 1.54. The van der Waals surface area contributed by atoms with Crippen molar-refractivity contribution in [2.45, 2.75) is 0 Å². The molecule has 0 aliphatic rings. The molecule has 0 amide bonds. The van der Waals surface area contributed by atoms with Gasteiger partial charge in [0.25, 0.3) is 0 Å². The Morgan fingerprint density at radius 2 is 2.10 bits per heavy atom. The molecule has 0 saturated carbocycles. The van der Waals surface area contributed by atoms with Crippen LogP contribution in [0.2, 0.25) is 0 Å². The molecule has 7 heteroatoms. The van der Waals surface area contributed by atoms with E-state index in [4.69, 9.17) is 0 Å². The van der Waals surface area contributed by atoms with Crippen LogP contribution in [0.15, 0.2) is 45.9 Å². The van der Waals surface area contributed by atoms with Crippen LogP contribution in [0.5, 0.6) is 5.75 Å². The van der Waals surface area contributed by atoms with Gasteiger partial charge in [0.05, 0.1) is 10.6 Å². The smallest absolute Gasteiger partial charge is 0.312 e. The van der Waals surface area contributed by atoms with Crippen molar-refractivity contribution in [1.29, 1.82) is 0 Å². The predicted molar refractivity (Wildman–Crippen MR) is 88.9 cm³/mol. The van der Waals surface area contributed by atoms with Gasteiger partial charge in [-0.1, -0.05) is 22.0 Å². The third-order valence-electron chi connectivity index (χ3n) is 2.44. The first kappa shape index (κ1) is 14.9. The molecule has 102 valence electrons. The van der Waals surface area contributed by atoms with Gasteiger partial charge < -0.3 is 5.11 Å². The Kier molecular flexibility index (Phi) is 4.71. The Balaban J connectivity index is 2.41. The molecule has 0 heterocycles. The maximum absolute atomic E-state index is 10.8. The first-order valence-corrected chi connectivity index (χ1v) is 7.31. The minimum atomic E-state index is -0.636. The molecule has 0 unspecified atom stereocenters. The number of hydrogen-bond donors (Lipinski definition) is 1. The number of phenols is 1. The number of benzene rings is 2. The number of aromatic hydroxyl groups is 1. The Morgan fingerprint density at radius 1 is 1.35 bits per heavy atom. The summed E-state index contributed by atoms with van der Waals surface area (Å²) in [5.74, 6) is -0.396. The molecular weight excluding hydrogens is 439 g/mol. The number of nitro benzene ring substituents is 1. The van der Waals surface area contributed by atoms with E-state index in [-0.39, 0.29) is 11.3 Å². The molecule has 0 atom stereocenters. The van der Waals surface area contributed by atoms with Crippen LogP contribution >= 0.6 is 38.5 Å². The maximum Gasteiger partial charge on any atom is 0.312 e. The van der Waals surface area contributed by atoms with Crippen molar-refractivity contribution in [1.82, 2.24) is 0 Å². The number of nitrogens with zero attached hydrogens (tertiary/aromatic N) is 2. The highest BCUT2D eigenvalue weighted by atomic mass is 127. The highest BCUT2D eigenvalue weighted by Crippen LogP contribution is 2.32. The monoisotopic (exact) mass is 446 g/mol. The van der Waals surface area contributed by atoms with Crippen LogP contribution in [0.3, 0.4) is 0 Å². The molecule has 0 radical (unpaired) electrons. The summed E-state index contributed by atoms with van der Waals surface area (Å²) in [5.41, 5.74) is 0.632. The van der Waals surface area contributed by atoms with Crippen LogP contribution < -0.4 is 0 Å². The third kappa shape index (κ3) is 3.54. The van der Waals surface area contributed by atoms with Gasteiger partial charge in [0.2, 0.25) is 5.75 Å². The summed E-state index contributed by atoms with van der Waals surface area (Å²) in [6.07, 6.45) is 1.40. The largest absolute Gasteiger partial charge is 0.502 e. The topological polar surface area (TPSA) is 75.7 Å². The van der Waals surface area contributed by atoms with Crippen LogP contribution in [0.4, 0.5) is 11.4 Å². The number of aliphatic imine (C=N–C) groups is 1. The lowest BCUT2D eigenvalue weighted by atomic mass is 10.2. The van der Waals surface area contributed by atoms with Crippen LogP contribution in [-0.2, 0) is 0 Å². The van der Waals surface area contributed by atoms with Crippen molar-refractivity contribution < 1.29 is 10.0 Å². The van der Waals surface area contributed by atoms with Gasteiger partial charge in [-0.05, 0) is 46.9 Å². The maximum atomic E-state index is 10.8. The second-order valence-corrected chi connectivity index (χ2v) is 6.02. The van der Waals surface area contributed by atoms with Gasteiger partial charge in [0.1, 0.15) is 0 Å². The Bertz CT molecular complexity index is 704. The van der Waals surface area contributed by atoms with Crippen molar-refractivity contribution in [2.75, 3.05) is 0 Å². The average molecular weight is 447 g/mol. The van der Waals surface area contributed by atoms with Gasteiger partial charge in [0, 0.05) is 25.9 Å². The first-order valence-electron chi connectivity index (χ1n) is 5.44. The highest BCUT2D eigenvalue weighted by molar-refractivity contribution is 14.1. The molecule has 0 aliphatic carbocycles. The van der Waals surface area contributed by atoms with Gasteiger partial charge in [-0.3, -0.25) is 15.1 Å². The summed E-state index contributed by atoms with van der Waals surface area (Å²) < 4.78 is 1.53. The minimum Gasteiger partial charge on any atom is -0.502 e. The quantitative estimate of drug-likeness (QED) is 0.328. The predicted octanol–water partition coefficient (Wildman–Crippen LogP) is 4.42. The fourth-order valence-corrected chi connectivity index (χ4v) is 2.53. The summed E-state index contributed by atoms with van der Waals surface area (Å²) in [6, 6.07) is 10.3. The standard InChI is InChI=1S/C13H8BrIN2O3/c14-9-4-8(13(18)12(5-9)17(19)20)7-16-11-3-1-2-10(15)6-11/h1-7,18H. The number of hydrogen-bond acceptors (Lipinski definition) is 4. The van der Waals surface area contributed by atoms with Crippen LogP contribution in [0, 0.1) is 13.7 Å². The number of phenolic OH excluding ortho intramolecular Hbond substituents is 1. The van der Waals surface area contributed by atoms with Gasteiger partial charge >= 0.3 is 5.69 Å². The van der Waals surface area contributed by atoms with Crippen molar-refractivity contribution in [3.63, 3.8) is 0 Å². The van der Waals surface area contributed by atoms with E-state index in [0.29, 0.717) is 10.2 Å².